The monoisotopic (exact) mass is 593 g/mol. The van der Waals surface area contributed by atoms with Crippen molar-refractivity contribution < 1.29 is 26.7 Å². The van der Waals surface area contributed by atoms with Gasteiger partial charge in [0.05, 0.1) is 10.6 Å². The van der Waals surface area contributed by atoms with Gasteiger partial charge in [-0.2, -0.15) is 13.2 Å². The average molecular weight is 594 g/mol. The average Bonchev–Trinajstić information content (AvgIpc) is 3.08. The number of benzene rings is 2. The van der Waals surface area contributed by atoms with Gasteiger partial charge in [-0.05, 0) is 24.3 Å². The Labute approximate surface area is 236 Å². The molecular formula is C27H27ClF3N5O3S. The Morgan fingerprint density at radius 1 is 1.20 bits per heavy atom. The number of ether oxygens (including phenoxy) is 1. The first-order valence-electron chi connectivity index (χ1n) is 12.1. The van der Waals surface area contributed by atoms with Gasteiger partial charge in [0, 0.05) is 0 Å². The molecule has 0 saturated heterocycles. The van der Waals surface area contributed by atoms with Crippen LogP contribution in [-0.4, -0.2) is 40.0 Å². The number of anilines is 3. The summed E-state index contributed by atoms with van der Waals surface area (Å²) in [6.07, 6.45) is 0.603. The number of amides is 1. The zero-order valence-electron chi connectivity index (χ0n) is 21.9. The SMILES string of the molecule is C[S-](#[O+])CC(C)(C)NC(=O)C1=Cc2c(ncnc2Nc2ccc(Oc3cccc(C(F)(F)F)c3)c(Cl)c2)NCC1. The van der Waals surface area contributed by atoms with Gasteiger partial charge in [0.25, 0.3) is 0 Å². The van der Waals surface area contributed by atoms with E-state index in [1.54, 1.807) is 24.5 Å². The molecule has 2 heterocycles. The summed E-state index contributed by atoms with van der Waals surface area (Å²) in [6, 6.07) is 9.23. The Balaban J connectivity index is 1.56. The zero-order chi connectivity index (χ0) is 29.1. The number of carbonyl (C=O) groups excluding carboxylic acids is 1. The molecule has 13 heteroatoms. The molecule has 1 amide bonds. The van der Waals surface area contributed by atoms with Crippen LogP contribution < -0.4 is 20.7 Å². The van der Waals surface area contributed by atoms with Gasteiger partial charge >= 0.3 is 155 Å². The van der Waals surface area contributed by atoms with Crippen LogP contribution in [0.5, 0.6) is 11.5 Å². The molecule has 0 saturated carbocycles. The first-order chi connectivity index (χ1) is 18.8. The molecule has 8 nitrogen and oxygen atoms in total. The Kier molecular flexibility index (Phi) is 8.81. The molecule has 3 N–H and O–H groups in total. The van der Waals surface area contributed by atoms with Crippen molar-refractivity contribution in [3.8, 4) is 11.5 Å². The van der Waals surface area contributed by atoms with Crippen LogP contribution in [0.15, 0.2) is 54.4 Å². The summed E-state index contributed by atoms with van der Waals surface area (Å²) in [4.78, 5) is 21.7. The molecule has 0 unspecified atom stereocenters. The quantitative estimate of drug-likeness (QED) is 0.217. The van der Waals surface area contributed by atoms with Crippen molar-refractivity contribution in [1.82, 2.24) is 15.3 Å². The number of alkyl halides is 3. The fourth-order valence-electron chi connectivity index (χ4n) is 4.11. The number of aromatic nitrogens is 2. The molecule has 2 aromatic carbocycles. The molecule has 0 aliphatic carbocycles. The maximum atomic E-state index is 13.1. The maximum absolute atomic E-state index is 13.1. The molecule has 1 aliphatic heterocycles. The van der Waals surface area contributed by atoms with Crippen molar-refractivity contribution in [3.05, 3.63) is 70.5 Å². The van der Waals surface area contributed by atoms with E-state index in [1.807, 2.05) is 13.8 Å². The molecule has 40 heavy (non-hydrogen) atoms. The van der Waals surface area contributed by atoms with Crippen LogP contribution in [0, 0.1) is 0 Å². The fourth-order valence-corrected chi connectivity index (χ4v) is 5.41. The summed E-state index contributed by atoms with van der Waals surface area (Å²) in [5, 5.41) is 9.46. The van der Waals surface area contributed by atoms with Gasteiger partial charge < -0.3 is 4.74 Å². The molecule has 212 valence electrons. The van der Waals surface area contributed by atoms with E-state index in [2.05, 4.69) is 25.9 Å². The summed E-state index contributed by atoms with van der Waals surface area (Å²) >= 11 is 6.39. The van der Waals surface area contributed by atoms with Crippen LogP contribution >= 0.6 is 11.6 Å². The minimum atomic E-state index is -4.50. The van der Waals surface area contributed by atoms with Gasteiger partial charge in [0.2, 0.25) is 0 Å². The predicted molar refractivity (Wildman–Crippen MR) is 150 cm³/mol. The van der Waals surface area contributed by atoms with E-state index in [1.165, 1.54) is 24.5 Å². The van der Waals surface area contributed by atoms with E-state index < -0.39 is 27.9 Å². The molecule has 0 fully saturated rings. The number of fused-ring (bicyclic) bond motifs is 1. The van der Waals surface area contributed by atoms with Gasteiger partial charge in [-0.15, -0.1) is 0 Å². The minimum absolute atomic E-state index is 0.00562. The standard InChI is InChI=1S/C27H27ClF3N5O3S/c1-26(2,14-40(3)38)36-25(37)16-9-10-32-23-20(11-16)24(34-15-33-23)35-18-7-8-22(21(28)13-18)39-19-6-4-5-17(12-19)27(29,30)31/h4-8,11-13,15H,9-10,14H2,1-3H3,(H,36,37)(H2,32,33,34,35). The van der Waals surface area contributed by atoms with Crippen LogP contribution in [0.25, 0.3) is 6.08 Å². The van der Waals surface area contributed by atoms with E-state index in [9.17, 15) is 22.0 Å². The molecule has 0 bridgehead atoms. The summed E-state index contributed by atoms with van der Waals surface area (Å²) in [6.45, 7) is 4.10. The van der Waals surface area contributed by atoms with Crippen LogP contribution in [-0.2, 0) is 25.7 Å². The van der Waals surface area contributed by atoms with Crippen molar-refractivity contribution >= 4 is 51.5 Å². The Hall–Kier alpha value is -3.48. The van der Waals surface area contributed by atoms with Crippen LogP contribution in [0.1, 0.15) is 31.4 Å². The van der Waals surface area contributed by atoms with E-state index in [0.29, 0.717) is 47.2 Å². The van der Waals surface area contributed by atoms with Gasteiger partial charge in [-0.3, -0.25) is 0 Å². The van der Waals surface area contributed by atoms with Crippen LogP contribution in [0.3, 0.4) is 0 Å². The van der Waals surface area contributed by atoms with Crippen LogP contribution in [0.2, 0.25) is 5.02 Å². The van der Waals surface area contributed by atoms with Gasteiger partial charge in [-0.1, -0.05) is 17.7 Å². The van der Waals surface area contributed by atoms with Crippen molar-refractivity contribution in [1.29, 1.82) is 0 Å². The molecule has 1 aliphatic rings. The van der Waals surface area contributed by atoms with Crippen molar-refractivity contribution in [2.45, 2.75) is 32.0 Å². The molecule has 0 atom stereocenters. The van der Waals surface area contributed by atoms with Gasteiger partial charge in [-0.25, -0.2) is 0 Å². The summed E-state index contributed by atoms with van der Waals surface area (Å²) in [5.41, 5.74) is 0.0903. The van der Waals surface area contributed by atoms with Crippen molar-refractivity contribution in [3.63, 3.8) is 0 Å². The third-order valence-electron chi connectivity index (χ3n) is 5.78. The van der Waals surface area contributed by atoms with E-state index >= 15 is 0 Å². The number of nitrogens with zero attached hydrogens (tertiary/aromatic N) is 2. The van der Waals surface area contributed by atoms with Gasteiger partial charge in [0.15, 0.2) is 0 Å². The fraction of sp³-hybridized carbons (Fsp3) is 0.296. The van der Waals surface area contributed by atoms with E-state index in [4.69, 9.17) is 16.3 Å². The number of halogens is 4. The first kappa shape index (κ1) is 29.5. The Morgan fingerprint density at radius 3 is 2.67 bits per heavy atom. The second-order valence-corrected chi connectivity index (χ2v) is 11.6. The topological polar surface area (TPSA) is 108 Å². The second-order valence-electron chi connectivity index (χ2n) is 9.78. The summed E-state index contributed by atoms with van der Waals surface area (Å²) in [7, 11) is -1.08. The molecule has 3 aromatic rings. The van der Waals surface area contributed by atoms with E-state index in [-0.39, 0.29) is 22.4 Å². The van der Waals surface area contributed by atoms with E-state index in [0.717, 1.165) is 12.1 Å². The zero-order valence-corrected chi connectivity index (χ0v) is 23.4. The van der Waals surface area contributed by atoms with Gasteiger partial charge in [0.1, 0.15) is 11.5 Å². The third kappa shape index (κ3) is 7.58. The molecular weight excluding hydrogens is 567 g/mol. The first-order valence-corrected chi connectivity index (χ1v) is 14.2. The second kappa shape index (κ2) is 11.9. The molecule has 1 aromatic heterocycles. The summed E-state index contributed by atoms with van der Waals surface area (Å²) < 4.78 is 56.4. The third-order valence-corrected chi connectivity index (χ3v) is 7.20. The van der Waals surface area contributed by atoms with Crippen LogP contribution in [0.4, 0.5) is 30.5 Å². The Bertz CT molecular complexity index is 1540. The number of rotatable bonds is 7. The Morgan fingerprint density at radius 2 is 1.98 bits per heavy atom. The molecule has 0 spiro atoms. The van der Waals surface area contributed by atoms with Crippen molar-refractivity contribution in [2.24, 2.45) is 0 Å². The number of nitrogens with one attached hydrogen (secondary N) is 3. The van der Waals surface area contributed by atoms with Crippen molar-refractivity contribution in [2.75, 3.05) is 29.2 Å². The normalized spacial score (nSPS) is 13.5. The number of carbonyl (C=O) groups is 1. The number of hydrogen-bond donors (Lipinski definition) is 3. The number of hydrogen-bond acceptors (Lipinski definition) is 7. The summed E-state index contributed by atoms with van der Waals surface area (Å²) in [5.74, 6) is 1.13. The predicted octanol–water partition coefficient (Wildman–Crippen LogP) is 6.37. The molecule has 0 radical (unpaired) electrons. The molecule has 4 rings (SSSR count).